The molecule has 0 radical (unpaired) electrons. The van der Waals surface area contributed by atoms with Gasteiger partial charge in [0, 0.05) is 26.2 Å². The maximum atomic E-state index is 6.28. The molecule has 0 aliphatic carbocycles. The van der Waals surface area contributed by atoms with E-state index >= 15 is 0 Å². The fourth-order valence-electron chi connectivity index (χ4n) is 2.78. The molecule has 112 valence electrons. The van der Waals surface area contributed by atoms with E-state index in [2.05, 4.69) is 24.0 Å². The summed E-state index contributed by atoms with van der Waals surface area (Å²) < 4.78 is 10.8. The van der Waals surface area contributed by atoms with Gasteiger partial charge in [0.25, 0.3) is 0 Å². The lowest BCUT2D eigenvalue weighted by atomic mass is 10.0. The van der Waals surface area contributed by atoms with Gasteiger partial charge in [0.2, 0.25) is 0 Å². The van der Waals surface area contributed by atoms with Gasteiger partial charge in [-0.25, -0.2) is 0 Å². The van der Waals surface area contributed by atoms with E-state index in [0.29, 0.717) is 6.04 Å². The molecule has 1 heterocycles. The Morgan fingerprint density at radius 2 is 2.00 bits per heavy atom. The standard InChI is InChI=1S/C16H26N2O2/c1-3-11-20-14-6-4-13(5-7-14)16-15(17)8-9-18(16)10-12-19-2/h4-7,15-16H,3,8-12,17H2,1-2H3. The van der Waals surface area contributed by atoms with E-state index in [1.165, 1.54) is 5.56 Å². The van der Waals surface area contributed by atoms with Crippen LogP contribution in [0.3, 0.4) is 0 Å². The summed E-state index contributed by atoms with van der Waals surface area (Å²) in [6.07, 6.45) is 2.07. The maximum absolute atomic E-state index is 6.28. The third-order valence-electron chi connectivity index (χ3n) is 3.83. The van der Waals surface area contributed by atoms with E-state index in [1.807, 2.05) is 12.1 Å². The van der Waals surface area contributed by atoms with Crippen LogP contribution in [0.25, 0.3) is 0 Å². The van der Waals surface area contributed by atoms with Crippen LogP contribution in [0.1, 0.15) is 31.4 Å². The first-order valence-corrected chi connectivity index (χ1v) is 7.47. The van der Waals surface area contributed by atoms with E-state index in [0.717, 1.165) is 44.9 Å². The number of ether oxygens (including phenoxy) is 2. The van der Waals surface area contributed by atoms with Crippen molar-refractivity contribution in [3.8, 4) is 5.75 Å². The van der Waals surface area contributed by atoms with Gasteiger partial charge >= 0.3 is 0 Å². The number of likely N-dealkylation sites (tertiary alicyclic amines) is 1. The molecule has 0 saturated carbocycles. The van der Waals surface area contributed by atoms with E-state index in [1.54, 1.807) is 7.11 Å². The molecule has 2 atom stereocenters. The van der Waals surface area contributed by atoms with Crippen LogP contribution in [-0.4, -0.2) is 44.4 Å². The molecule has 1 aromatic carbocycles. The van der Waals surface area contributed by atoms with Crippen molar-refractivity contribution in [1.29, 1.82) is 0 Å². The second-order valence-electron chi connectivity index (χ2n) is 5.34. The van der Waals surface area contributed by atoms with Crippen molar-refractivity contribution >= 4 is 0 Å². The van der Waals surface area contributed by atoms with Crippen LogP contribution < -0.4 is 10.5 Å². The summed E-state index contributed by atoms with van der Waals surface area (Å²) in [5.41, 5.74) is 7.55. The van der Waals surface area contributed by atoms with Crippen LogP contribution in [0.5, 0.6) is 5.75 Å². The van der Waals surface area contributed by atoms with E-state index in [4.69, 9.17) is 15.2 Å². The lowest BCUT2D eigenvalue weighted by Gasteiger charge is -2.27. The minimum Gasteiger partial charge on any atom is -0.494 e. The number of benzene rings is 1. The molecular weight excluding hydrogens is 252 g/mol. The van der Waals surface area contributed by atoms with Crippen molar-refractivity contribution in [3.63, 3.8) is 0 Å². The van der Waals surface area contributed by atoms with Gasteiger partial charge in [0.15, 0.2) is 0 Å². The molecule has 20 heavy (non-hydrogen) atoms. The Kier molecular flexibility index (Phi) is 5.83. The smallest absolute Gasteiger partial charge is 0.119 e. The van der Waals surface area contributed by atoms with Gasteiger partial charge in [-0.05, 0) is 30.5 Å². The Bertz CT molecular complexity index is 394. The van der Waals surface area contributed by atoms with E-state index < -0.39 is 0 Å². The van der Waals surface area contributed by atoms with Crippen molar-refractivity contribution in [2.45, 2.75) is 31.8 Å². The second-order valence-corrected chi connectivity index (χ2v) is 5.34. The minimum absolute atomic E-state index is 0.203. The van der Waals surface area contributed by atoms with Crippen LogP contribution in [0.15, 0.2) is 24.3 Å². The highest BCUT2D eigenvalue weighted by Crippen LogP contribution is 2.31. The summed E-state index contributed by atoms with van der Waals surface area (Å²) in [6.45, 7) is 5.61. The van der Waals surface area contributed by atoms with Crippen LogP contribution in [0.4, 0.5) is 0 Å². The number of nitrogens with two attached hydrogens (primary N) is 1. The van der Waals surface area contributed by atoms with Crippen LogP contribution in [0, 0.1) is 0 Å². The average Bonchev–Trinajstić information content (AvgIpc) is 2.84. The van der Waals surface area contributed by atoms with E-state index in [-0.39, 0.29) is 6.04 Å². The van der Waals surface area contributed by atoms with Gasteiger partial charge in [-0.3, -0.25) is 4.90 Å². The maximum Gasteiger partial charge on any atom is 0.119 e. The summed E-state index contributed by atoms with van der Waals surface area (Å²) in [5.74, 6) is 0.936. The van der Waals surface area contributed by atoms with Crippen LogP contribution in [-0.2, 0) is 4.74 Å². The number of methoxy groups -OCH3 is 1. The molecule has 1 aromatic rings. The quantitative estimate of drug-likeness (QED) is 0.830. The molecule has 1 saturated heterocycles. The summed E-state index contributed by atoms with van der Waals surface area (Å²) in [7, 11) is 1.74. The topological polar surface area (TPSA) is 47.7 Å². The zero-order valence-electron chi connectivity index (χ0n) is 12.5. The van der Waals surface area contributed by atoms with Gasteiger partial charge in [-0.1, -0.05) is 19.1 Å². The normalized spacial score (nSPS) is 23.1. The SMILES string of the molecule is CCCOc1ccc(C2C(N)CCN2CCOC)cc1. The zero-order chi connectivity index (χ0) is 14.4. The summed E-state index contributed by atoms with van der Waals surface area (Å²) in [5, 5.41) is 0. The number of hydrogen-bond acceptors (Lipinski definition) is 4. The molecule has 2 rings (SSSR count). The van der Waals surface area contributed by atoms with Gasteiger partial charge in [-0.2, -0.15) is 0 Å². The first kappa shape index (κ1) is 15.3. The molecule has 0 amide bonds. The Labute approximate surface area is 121 Å². The molecule has 1 aliphatic rings. The fraction of sp³-hybridized carbons (Fsp3) is 0.625. The molecule has 1 aliphatic heterocycles. The fourth-order valence-corrected chi connectivity index (χ4v) is 2.78. The third kappa shape index (κ3) is 3.72. The molecule has 2 N–H and O–H groups in total. The van der Waals surface area contributed by atoms with Crippen molar-refractivity contribution in [3.05, 3.63) is 29.8 Å². The van der Waals surface area contributed by atoms with Crippen molar-refractivity contribution in [2.24, 2.45) is 5.73 Å². The Hall–Kier alpha value is -1.10. The lowest BCUT2D eigenvalue weighted by molar-refractivity contribution is 0.139. The van der Waals surface area contributed by atoms with Gasteiger partial charge in [0.1, 0.15) is 5.75 Å². The second kappa shape index (κ2) is 7.62. The highest BCUT2D eigenvalue weighted by molar-refractivity contribution is 5.30. The van der Waals surface area contributed by atoms with Crippen molar-refractivity contribution in [2.75, 3.05) is 33.4 Å². The third-order valence-corrected chi connectivity index (χ3v) is 3.83. The predicted molar refractivity (Wildman–Crippen MR) is 81.0 cm³/mol. The summed E-state index contributed by atoms with van der Waals surface area (Å²) >= 11 is 0. The number of nitrogens with zero attached hydrogens (tertiary/aromatic N) is 1. The largest absolute Gasteiger partial charge is 0.494 e. The molecule has 4 nitrogen and oxygen atoms in total. The van der Waals surface area contributed by atoms with Crippen molar-refractivity contribution in [1.82, 2.24) is 4.90 Å². The highest BCUT2D eigenvalue weighted by atomic mass is 16.5. The van der Waals surface area contributed by atoms with Gasteiger partial charge in [0.05, 0.1) is 19.3 Å². The number of rotatable bonds is 7. The minimum atomic E-state index is 0.203. The molecule has 0 aromatic heterocycles. The molecule has 2 unspecified atom stereocenters. The van der Waals surface area contributed by atoms with Gasteiger partial charge < -0.3 is 15.2 Å². The molecule has 0 spiro atoms. The van der Waals surface area contributed by atoms with Gasteiger partial charge in [-0.15, -0.1) is 0 Å². The number of hydrogen-bond donors (Lipinski definition) is 1. The summed E-state index contributed by atoms with van der Waals surface area (Å²) in [6, 6.07) is 8.87. The average molecular weight is 278 g/mol. The first-order chi connectivity index (χ1) is 9.76. The summed E-state index contributed by atoms with van der Waals surface area (Å²) in [4.78, 5) is 2.41. The highest BCUT2D eigenvalue weighted by Gasteiger charge is 2.32. The van der Waals surface area contributed by atoms with Crippen LogP contribution in [0.2, 0.25) is 0 Å². The molecule has 0 bridgehead atoms. The Morgan fingerprint density at radius 1 is 1.25 bits per heavy atom. The first-order valence-electron chi connectivity index (χ1n) is 7.47. The lowest BCUT2D eigenvalue weighted by Crippen LogP contribution is -2.33. The Balaban J connectivity index is 2.03. The molecule has 1 fully saturated rings. The van der Waals surface area contributed by atoms with Crippen molar-refractivity contribution < 1.29 is 9.47 Å². The zero-order valence-corrected chi connectivity index (χ0v) is 12.5. The molecular formula is C16H26N2O2. The predicted octanol–water partition coefficient (Wildman–Crippen LogP) is 2.20. The Morgan fingerprint density at radius 3 is 2.65 bits per heavy atom. The van der Waals surface area contributed by atoms with Crippen LogP contribution >= 0.6 is 0 Å². The molecule has 4 heteroatoms. The van der Waals surface area contributed by atoms with E-state index in [9.17, 15) is 0 Å². The monoisotopic (exact) mass is 278 g/mol.